The normalized spacial score (nSPS) is 24.6. The molecule has 0 atom stereocenters. The minimum atomic E-state index is -0.365. The summed E-state index contributed by atoms with van der Waals surface area (Å²) >= 11 is 0.896. The Morgan fingerprint density at radius 1 is 1.19 bits per heavy atom. The van der Waals surface area contributed by atoms with Gasteiger partial charge in [0.1, 0.15) is 12.4 Å². The summed E-state index contributed by atoms with van der Waals surface area (Å²) < 4.78 is 5.84. The summed E-state index contributed by atoms with van der Waals surface area (Å²) in [5, 5.41) is 10.8. The first-order chi connectivity index (χ1) is 12.5. The SMILES string of the molecule is O=C1NC(=O)C(=Cc2ccc(OCC3CCC(C(=O)CO)CC3)cc2)S1. The van der Waals surface area contributed by atoms with E-state index in [1.165, 1.54) is 0 Å². The van der Waals surface area contributed by atoms with Crippen molar-refractivity contribution in [1.82, 2.24) is 5.32 Å². The Morgan fingerprint density at radius 3 is 2.46 bits per heavy atom. The van der Waals surface area contributed by atoms with Crippen molar-refractivity contribution in [3.8, 4) is 5.75 Å². The molecule has 1 saturated carbocycles. The number of carbonyl (C=O) groups is 3. The molecule has 6 nitrogen and oxygen atoms in total. The lowest BCUT2D eigenvalue weighted by Gasteiger charge is -2.27. The van der Waals surface area contributed by atoms with Crippen molar-refractivity contribution in [2.24, 2.45) is 11.8 Å². The molecule has 0 unspecified atom stereocenters. The number of nitrogens with one attached hydrogen (secondary N) is 1. The predicted molar refractivity (Wildman–Crippen MR) is 98.6 cm³/mol. The van der Waals surface area contributed by atoms with Crippen LogP contribution < -0.4 is 10.1 Å². The Labute approximate surface area is 156 Å². The van der Waals surface area contributed by atoms with Crippen LogP contribution in [-0.2, 0) is 9.59 Å². The molecule has 1 heterocycles. The molecule has 0 aromatic heterocycles. The van der Waals surface area contributed by atoms with Gasteiger partial charge in [0.2, 0.25) is 0 Å². The molecular formula is C19H21NO5S. The maximum Gasteiger partial charge on any atom is 0.290 e. The maximum atomic E-state index is 11.5. The molecule has 2 aliphatic rings. The van der Waals surface area contributed by atoms with E-state index in [1.807, 2.05) is 24.3 Å². The summed E-state index contributed by atoms with van der Waals surface area (Å²) in [4.78, 5) is 34.6. The van der Waals surface area contributed by atoms with Crippen LogP contribution >= 0.6 is 11.8 Å². The molecule has 0 spiro atoms. The molecule has 0 bridgehead atoms. The Balaban J connectivity index is 1.48. The number of Topliss-reactive ketones (excluding diaryl/α,β-unsaturated/α-hetero) is 1. The van der Waals surface area contributed by atoms with Crippen LogP contribution in [0.1, 0.15) is 31.2 Å². The molecule has 1 aromatic carbocycles. The highest BCUT2D eigenvalue weighted by Gasteiger charge is 2.26. The average Bonchev–Trinajstić information content (AvgIpc) is 2.98. The van der Waals surface area contributed by atoms with E-state index in [-0.39, 0.29) is 29.5 Å². The summed E-state index contributed by atoms with van der Waals surface area (Å²) in [6.45, 7) is 0.246. The Kier molecular flexibility index (Phi) is 6.11. The number of rotatable bonds is 6. The first-order valence-corrected chi connectivity index (χ1v) is 9.48. The smallest absolute Gasteiger partial charge is 0.290 e. The third-order valence-electron chi connectivity index (χ3n) is 4.76. The Morgan fingerprint density at radius 2 is 1.88 bits per heavy atom. The van der Waals surface area contributed by atoms with Gasteiger partial charge in [0, 0.05) is 5.92 Å². The van der Waals surface area contributed by atoms with Crippen molar-refractivity contribution in [2.75, 3.05) is 13.2 Å². The molecule has 138 valence electrons. The van der Waals surface area contributed by atoms with Crippen molar-refractivity contribution in [1.29, 1.82) is 0 Å². The fraction of sp³-hybridized carbons (Fsp3) is 0.421. The molecule has 1 aromatic rings. The van der Waals surface area contributed by atoms with E-state index < -0.39 is 0 Å². The van der Waals surface area contributed by atoms with Crippen molar-refractivity contribution in [3.05, 3.63) is 34.7 Å². The van der Waals surface area contributed by atoms with Crippen LogP contribution in [0.25, 0.3) is 6.08 Å². The highest BCUT2D eigenvalue weighted by molar-refractivity contribution is 8.18. The zero-order valence-electron chi connectivity index (χ0n) is 14.3. The molecule has 2 fully saturated rings. The number of carbonyl (C=O) groups excluding carboxylic acids is 3. The van der Waals surface area contributed by atoms with Gasteiger partial charge in [-0.3, -0.25) is 19.7 Å². The molecule has 1 aliphatic heterocycles. The molecule has 1 saturated heterocycles. The van der Waals surface area contributed by atoms with Crippen molar-refractivity contribution in [2.45, 2.75) is 25.7 Å². The fourth-order valence-electron chi connectivity index (χ4n) is 3.23. The van der Waals surface area contributed by atoms with Gasteiger partial charge in [-0.05, 0) is 67.1 Å². The Hall–Kier alpha value is -2.12. The fourth-order valence-corrected chi connectivity index (χ4v) is 3.91. The van der Waals surface area contributed by atoms with E-state index in [1.54, 1.807) is 6.08 Å². The van der Waals surface area contributed by atoms with Gasteiger partial charge in [-0.1, -0.05) is 12.1 Å². The average molecular weight is 375 g/mol. The number of amides is 2. The van der Waals surface area contributed by atoms with E-state index in [4.69, 9.17) is 9.84 Å². The number of aliphatic hydroxyl groups excluding tert-OH is 1. The van der Waals surface area contributed by atoms with Crippen molar-refractivity contribution in [3.63, 3.8) is 0 Å². The van der Waals surface area contributed by atoms with Crippen LogP contribution in [-0.4, -0.2) is 35.2 Å². The number of ketones is 1. The van der Waals surface area contributed by atoms with Crippen LogP contribution in [0.3, 0.4) is 0 Å². The zero-order valence-corrected chi connectivity index (χ0v) is 15.1. The molecule has 0 radical (unpaired) electrons. The third-order valence-corrected chi connectivity index (χ3v) is 5.57. The predicted octanol–water partition coefficient (Wildman–Crippen LogP) is 2.76. The largest absolute Gasteiger partial charge is 0.493 e. The molecular weight excluding hydrogens is 354 g/mol. The first kappa shape index (κ1) is 18.7. The second kappa shape index (κ2) is 8.51. The monoisotopic (exact) mass is 375 g/mol. The van der Waals surface area contributed by atoms with Crippen molar-refractivity contribution < 1.29 is 24.2 Å². The molecule has 7 heteroatoms. The maximum absolute atomic E-state index is 11.5. The van der Waals surface area contributed by atoms with Gasteiger partial charge in [0.05, 0.1) is 11.5 Å². The molecule has 2 N–H and O–H groups in total. The van der Waals surface area contributed by atoms with E-state index in [2.05, 4.69) is 5.32 Å². The molecule has 3 rings (SSSR count). The summed E-state index contributed by atoms with van der Waals surface area (Å²) in [6.07, 6.45) is 5.17. The molecule has 1 aliphatic carbocycles. The van der Waals surface area contributed by atoms with Gasteiger partial charge >= 0.3 is 0 Å². The zero-order chi connectivity index (χ0) is 18.5. The number of hydrogen-bond donors (Lipinski definition) is 2. The highest BCUT2D eigenvalue weighted by atomic mass is 32.2. The topological polar surface area (TPSA) is 92.7 Å². The van der Waals surface area contributed by atoms with Crippen molar-refractivity contribution >= 4 is 34.8 Å². The van der Waals surface area contributed by atoms with E-state index in [9.17, 15) is 14.4 Å². The minimum Gasteiger partial charge on any atom is -0.493 e. The van der Waals surface area contributed by atoms with Gasteiger partial charge in [0.15, 0.2) is 5.78 Å². The quantitative estimate of drug-likeness (QED) is 0.743. The second-order valence-corrected chi connectivity index (χ2v) is 7.59. The standard InChI is InChI=1S/C19H21NO5S/c21-10-16(22)14-5-1-13(2-6-14)11-25-15-7-3-12(4-8-15)9-17-18(23)20-19(24)26-17/h3-4,7-9,13-14,21H,1-2,5-6,10-11H2,(H,20,23,24). The van der Waals surface area contributed by atoms with Gasteiger partial charge in [0.25, 0.3) is 11.1 Å². The van der Waals surface area contributed by atoms with E-state index >= 15 is 0 Å². The highest BCUT2D eigenvalue weighted by Crippen LogP contribution is 2.30. The number of ether oxygens (including phenoxy) is 1. The molecule has 26 heavy (non-hydrogen) atoms. The molecule has 2 amide bonds. The minimum absolute atomic E-state index is 0.00103. The summed E-state index contributed by atoms with van der Waals surface area (Å²) in [5.74, 6) is 0.756. The Bertz CT molecular complexity index is 720. The lowest BCUT2D eigenvalue weighted by Crippen LogP contribution is -2.26. The summed E-state index contributed by atoms with van der Waals surface area (Å²) in [5.41, 5.74) is 0.827. The summed E-state index contributed by atoms with van der Waals surface area (Å²) in [7, 11) is 0. The number of hydrogen-bond acceptors (Lipinski definition) is 6. The van der Waals surface area contributed by atoms with E-state index in [0.717, 1.165) is 48.8 Å². The third kappa shape index (κ3) is 4.74. The van der Waals surface area contributed by atoms with Gasteiger partial charge < -0.3 is 9.84 Å². The second-order valence-electron chi connectivity index (χ2n) is 6.57. The van der Waals surface area contributed by atoms with Gasteiger partial charge in [-0.15, -0.1) is 0 Å². The first-order valence-electron chi connectivity index (χ1n) is 8.66. The van der Waals surface area contributed by atoms with Crippen LogP contribution in [0.4, 0.5) is 4.79 Å². The summed E-state index contributed by atoms with van der Waals surface area (Å²) in [6, 6.07) is 7.37. The van der Waals surface area contributed by atoms with Gasteiger partial charge in [-0.25, -0.2) is 0 Å². The van der Waals surface area contributed by atoms with Crippen LogP contribution in [0.2, 0.25) is 0 Å². The van der Waals surface area contributed by atoms with Crippen LogP contribution in [0.15, 0.2) is 29.2 Å². The number of thioether (sulfide) groups is 1. The number of imide groups is 1. The van der Waals surface area contributed by atoms with E-state index in [0.29, 0.717) is 17.4 Å². The lowest BCUT2D eigenvalue weighted by atomic mass is 9.80. The lowest BCUT2D eigenvalue weighted by molar-refractivity contribution is -0.127. The van der Waals surface area contributed by atoms with Crippen LogP contribution in [0, 0.1) is 11.8 Å². The van der Waals surface area contributed by atoms with Crippen LogP contribution in [0.5, 0.6) is 5.75 Å². The van der Waals surface area contributed by atoms with Gasteiger partial charge in [-0.2, -0.15) is 0 Å². The number of aliphatic hydroxyl groups is 1. The number of benzene rings is 1.